The van der Waals surface area contributed by atoms with Crippen LogP contribution in [0.5, 0.6) is 0 Å². The first-order valence-electron chi connectivity index (χ1n) is 4.72. The van der Waals surface area contributed by atoms with Crippen molar-refractivity contribution in [2.75, 3.05) is 11.9 Å². The molecular weight excluding hydrogens is 241 g/mol. The first-order chi connectivity index (χ1) is 7.34. The Morgan fingerprint density at radius 3 is 2.44 bits per heavy atom. The van der Waals surface area contributed by atoms with E-state index in [0.717, 1.165) is 0 Å². The van der Waals surface area contributed by atoms with Gasteiger partial charge in [-0.15, -0.1) is 10.2 Å². The second-order valence-electron chi connectivity index (χ2n) is 3.56. The van der Waals surface area contributed by atoms with Crippen LogP contribution in [0.2, 0.25) is 0 Å². The largest absolute Gasteiger partial charge is 0.445 e. The molecule has 0 spiro atoms. The van der Waals surface area contributed by atoms with Gasteiger partial charge in [-0.1, -0.05) is 18.3 Å². The second-order valence-corrected chi connectivity index (χ2v) is 4.53. The summed E-state index contributed by atoms with van der Waals surface area (Å²) in [6.45, 7) is 4.20. The molecule has 8 heteroatoms. The number of nitrogens with two attached hydrogens (primary N) is 1. The van der Waals surface area contributed by atoms with Crippen LogP contribution in [0, 0.1) is 5.92 Å². The number of hydrogen-bond donors (Lipinski definition) is 2. The Morgan fingerprint density at radius 2 is 2.00 bits per heavy atom. The zero-order valence-corrected chi connectivity index (χ0v) is 9.69. The van der Waals surface area contributed by atoms with Gasteiger partial charge >= 0.3 is 6.18 Å². The number of halogens is 3. The van der Waals surface area contributed by atoms with Gasteiger partial charge in [-0.25, -0.2) is 0 Å². The van der Waals surface area contributed by atoms with E-state index in [2.05, 4.69) is 15.5 Å². The Hall–Kier alpha value is -0.890. The number of anilines is 1. The van der Waals surface area contributed by atoms with Gasteiger partial charge in [0.05, 0.1) is 0 Å². The summed E-state index contributed by atoms with van der Waals surface area (Å²) < 4.78 is 36.7. The van der Waals surface area contributed by atoms with Gasteiger partial charge in [-0.3, -0.25) is 0 Å². The summed E-state index contributed by atoms with van der Waals surface area (Å²) in [5.41, 5.74) is 5.45. The van der Waals surface area contributed by atoms with Crippen LogP contribution < -0.4 is 11.1 Å². The fourth-order valence-corrected chi connectivity index (χ4v) is 1.64. The third-order valence-corrected chi connectivity index (χ3v) is 3.14. The molecule has 1 rings (SSSR count). The molecule has 3 N–H and O–H groups in total. The van der Waals surface area contributed by atoms with Gasteiger partial charge in [0.15, 0.2) is 0 Å². The number of nitrogens with zero attached hydrogens (tertiary/aromatic N) is 2. The van der Waals surface area contributed by atoms with Gasteiger partial charge in [-0.2, -0.15) is 13.2 Å². The van der Waals surface area contributed by atoms with E-state index in [9.17, 15) is 13.2 Å². The maximum absolute atomic E-state index is 12.2. The highest BCUT2D eigenvalue weighted by molar-refractivity contribution is 7.15. The molecule has 4 nitrogen and oxygen atoms in total. The van der Waals surface area contributed by atoms with E-state index in [-0.39, 0.29) is 17.1 Å². The molecule has 2 atom stereocenters. The zero-order chi connectivity index (χ0) is 12.3. The maximum Gasteiger partial charge on any atom is 0.445 e. The highest BCUT2D eigenvalue weighted by Crippen LogP contribution is 2.33. The summed E-state index contributed by atoms with van der Waals surface area (Å²) in [6.07, 6.45) is -4.43. The molecule has 0 bridgehead atoms. The van der Waals surface area contributed by atoms with Crippen molar-refractivity contribution in [2.24, 2.45) is 11.7 Å². The van der Waals surface area contributed by atoms with Crippen molar-refractivity contribution >= 4 is 16.5 Å². The molecule has 0 aliphatic heterocycles. The Bertz CT molecular complexity index is 338. The molecule has 0 fully saturated rings. The lowest BCUT2D eigenvalue weighted by molar-refractivity contribution is -0.138. The Kier molecular flexibility index (Phi) is 4.09. The molecule has 1 heterocycles. The van der Waals surface area contributed by atoms with Gasteiger partial charge in [0.2, 0.25) is 10.1 Å². The zero-order valence-electron chi connectivity index (χ0n) is 8.88. The third kappa shape index (κ3) is 3.31. The normalized spacial score (nSPS) is 15.9. The van der Waals surface area contributed by atoms with Crippen molar-refractivity contribution in [1.82, 2.24) is 10.2 Å². The second kappa shape index (κ2) is 4.96. The van der Waals surface area contributed by atoms with E-state index in [1.54, 1.807) is 0 Å². The van der Waals surface area contributed by atoms with E-state index < -0.39 is 11.2 Å². The molecule has 0 aliphatic carbocycles. The predicted octanol–water partition coefficient (Wildman–Crippen LogP) is 1.95. The lowest BCUT2D eigenvalue weighted by atomic mass is 10.1. The Labute approximate surface area is 95.1 Å². The van der Waals surface area contributed by atoms with Crippen molar-refractivity contribution in [2.45, 2.75) is 26.1 Å². The van der Waals surface area contributed by atoms with Crippen LogP contribution in [0.1, 0.15) is 18.9 Å². The van der Waals surface area contributed by atoms with Gasteiger partial charge in [-0.05, 0) is 19.4 Å². The van der Waals surface area contributed by atoms with E-state index in [0.29, 0.717) is 17.9 Å². The predicted molar refractivity (Wildman–Crippen MR) is 56.2 cm³/mol. The topological polar surface area (TPSA) is 63.8 Å². The van der Waals surface area contributed by atoms with Crippen molar-refractivity contribution in [1.29, 1.82) is 0 Å². The highest BCUT2D eigenvalue weighted by Gasteiger charge is 2.35. The minimum Gasteiger partial charge on any atom is -0.357 e. The SMILES string of the molecule is CC(CN)C(C)Nc1nnc(C(F)(F)F)s1. The van der Waals surface area contributed by atoms with Gasteiger partial charge in [0.25, 0.3) is 0 Å². The van der Waals surface area contributed by atoms with E-state index in [1.165, 1.54) is 0 Å². The lowest BCUT2D eigenvalue weighted by Gasteiger charge is -2.18. The van der Waals surface area contributed by atoms with Crippen LogP contribution >= 0.6 is 11.3 Å². The number of nitrogens with one attached hydrogen (secondary N) is 1. The lowest BCUT2D eigenvalue weighted by Crippen LogP contribution is -2.29. The van der Waals surface area contributed by atoms with Crippen LogP contribution in [0.15, 0.2) is 0 Å². The number of rotatable bonds is 4. The van der Waals surface area contributed by atoms with E-state index in [4.69, 9.17) is 5.73 Å². The molecule has 1 aromatic heterocycles. The fraction of sp³-hybridized carbons (Fsp3) is 0.750. The molecule has 0 saturated carbocycles. The van der Waals surface area contributed by atoms with Crippen LogP contribution in [0.3, 0.4) is 0 Å². The summed E-state index contributed by atoms with van der Waals surface area (Å²) in [6, 6.07) is -0.0426. The van der Waals surface area contributed by atoms with Crippen molar-refractivity contribution < 1.29 is 13.2 Å². The summed E-state index contributed by atoms with van der Waals surface area (Å²) in [7, 11) is 0. The molecule has 0 saturated heterocycles. The van der Waals surface area contributed by atoms with Crippen LogP contribution in [0.25, 0.3) is 0 Å². The van der Waals surface area contributed by atoms with Crippen LogP contribution in [0.4, 0.5) is 18.3 Å². The molecule has 92 valence electrons. The summed E-state index contributed by atoms with van der Waals surface area (Å²) in [5, 5.41) is 8.59. The first-order valence-corrected chi connectivity index (χ1v) is 5.53. The minimum atomic E-state index is -4.43. The minimum absolute atomic E-state index is 0.0426. The van der Waals surface area contributed by atoms with E-state index in [1.807, 2.05) is 13.8 Å². The molecule has 0 aromatic carbocycles. The average molecular weight is 254 g/mol. The smallest absolute Gasteiger partial charge is 0.357 e. The molecule has 16 heavy (non-hydrogen) atoms. The monoisotopic (exact) mass is 254 g/mol. The molecule has 0 radical (unpaired) electrons. The van der Waals surface area contributed by atoms with Gasteiger partial charge < -0.3 is 11.1 Å². The highest BCUT2D eigenvalue weighted by atomic mass is 32.1. The van der Waals surface area contributed by atoms with Crippen LogP contribution in [-0.4, -0.2) is 22.8 Å². The Balaban J connectivity index is 2.66. The molecule has 2 unspecified atom stereocenters. The van der Waals surface area contributed by atoms with E-state index >= 15 is 0 Å². The van der Waals surface area contributed by atoms with Gasteiger partial charge in [0.1, 0.15) is 0 Å². The van der Waals surface area contributed by atoms with Crippen molar-refractivity contribution in [3.05, 3.63) is 5.01 Å². The summed E-state index contributed by atoms with van der Waals surface area (Å²) >= 11 is 0.497. The quantitative estimate of drug-likeness (QED) is 0.862. The maximum atomic E-state index is 12.2. The Morgan fingerprint density at radius 1 is 1.38 bits per heavy atom. The van der Waals surface area contributed by atoms with Crippen molar-refractivity contribution in [3.63, 3.8) is 0 Å². The molecule has 1 aromatic rings. The number of aromatic nitrogens is 2. The summed E-state index contributed by atoms with van der Waals surface area (Å²) in [5.74, 6) is 0.151. The first kappa shape index (κ1) is 13.2. The summed E-state index contributed by atoms with van der Waals surface area (Å²) in [4.78, 5) is 0. The number of alkyl halides is 3. The average Bonchev–Trinajstić information content (AvgIpc) is 2.64. The number of hydrogen-bond acceptors (Lipinski definition) is 5. The van der Waals surface area contributed by atoms with Crippen molar-refractivity contribution in [3.8, 4) is 0 Å². The molecule has 0 aliphatic rings. The fourth-order valence-electron chi connectivity index (χ4n) is 0.937. The van der Waals surface area contributed by atoms with Gasteiger partial charge in [0, 0.05) is 6.04 Å². The van der Waals surface area contributed by atoms with Crippen LogP contribution in [-0.2, 0) is 6.18 Å². The molecular formula is C8H13F3N4S. The standard InChI is InChI=1S/C8H13F3N4S/c1-4(3-12)5(2)13-7-15-14-6(16-7)8(9,10)11/h4-5H,3,12H2,1-2H3,(H,13,15). The third-order valence-electron chi connectivity index (χ3n) is 2.24. The molecule has 0 amide bonds.